The number of carbonyl (C=O) groups excluding carboxylic acids is 1. The van der Waals surface area contributed by atoms with Crippen molar-refractivity contribution in [2.45, 2.75) is 6.04 Å². The molecule has 0 spiro atoms. The smallest absolute Gasteiger partial charge is 0.322 e. The second kappa shape index (κ2) is 7.37. The first-order valence-corrected chi connectivity index (χ1v) is 9.19. The first kappa shape index (κ1) is 18.1. The van der Waals surface area contributed by atoms with Crippen LogP contribution in [0.2, 0.25) is 5.02 Å². The normalized spacial score (nSPS) is 23.4. The number of hydrogen-bond donors (Lipinski definition) is 1. The van der Waals surface area contributed by atoms with Gasteiger partial charge >= 0.3 is 6.03 Å². The fourth-order valence-electron chi connectivity index (χ4n) is 4.01. The lowest BCUT2D eigenvalue weighted by molar-refractivity contribution is 0.100. The first-order chi connectivity index (χ1) is 13.1. The van der Waals surface area contributed by atoms with Gasteiger partial charge in [-0.25, -0.2) is 9.18 Å². The van der Waals surface area contributed by atoms with E-state index in [1.165, 1.54) is 12.1 Å². The molecule has 2 aromatic carbocycles. The molecular formula is C20H20ClFN2O3. The summed E-state index contributed by atoms with van der Waals surface area (Å²) in [6.45, 7) is 1.50. The van der Waals surface area contributed by atoms with Crippen LogP contribution in [0.4, 0.5) is 14.9 Å². The van der Waals surface area contributed by atoms with Crippen LogP contribution in [-0.4, -0.2) is 37.8 Å². The number of halogens is 2. The van der Waals surface area contributed by atoms with E-state index in [2.05, 4.69) is 5.32 Å². The van der Waals surface area contributed by atoms with Crippen molar-refractivity contribution in [3.8, 4) is 5.75 Å². The Labute approximate surface area is 162 Å². The largest absolute Gasteiger partial charge is 0.493 e. The molecule has 1 saturated heterocycles. The number of nitrogens with one attached hydrogen (secondary N) is 1. The molecule has 0 aliphatic carbocycles. The van der Waals surface area contributed by atoms with Crippen molar-refractivity contribution in [2.75, 3.05) is 32.2 Å². The molecule has 27 heavy (non-hydrogen) atoms. The van der Waals surface area contributed by atoms with Gasteiger partial charge in [-0.05, 0) is 42.5 Å². The lowest BCUT2D eigenvalue weighted by Gasteiger charge is -2.34. The molecule has 5 nitrogen and oxygen atoms in total. The molecule has 2 aliphatic rings. The number of urea groups is 1. The van der Waals surface area contributed by atoms with Crippen molar-refractivity contribution in [1.82, 2.24) is 4.90 Å². The van der Waals surface area contributed by atoms with Crippen molar-refractivity contribution >= 4 is 23.3 Å². The number of rotatable bonds is 3. The molecule has 0 saturated carbocycles. The van der Waals surface area contributed by atoms with E-state index in [9.17, 15) is 9.18 Å². The molecule has 2 aliphatic heterocycles. The van der Waals surface area contributed by atoms with Gasteiger partial charge in [0.1, 0.15) is 11.6 Å². The molecule has 0 bridgehead atoms. The molecule has 4 rings (SSSR count). The van der Waals surface area contributed by atoms with Crippen LogP contribution in [0.25, 0.3) is 0 Å². The summed E-state index contributed by atoms with van der Waals surface area (Å²) < 4.78 is 25.1. The zero-order chi connectivity index (χ0) is 19.0. The highest BCUT2D eigenvalue weighted by Gasteiger charge is 2.48. The van der Waals surface area contributed by atoms with Gasteiger partial charge in [0, 0.05) is 41.8 Å². The van der Waals surface area contributed by atoms with Gasteiger partial charge in [0.05, 0.1) is 19.3 Å². The van der Waals surface area contributed by atoms with Crippen molar-refractivity contribution in [3.63, 3.8) is 0 Å². The molecule has 2 aromatic rings. The van der Waals surface area contributed by atoms with Crippen LogP contribution in [0.1, 0.15) is 11.6 Å². The van der Waals surface area contributed by atoms with Gasteiger partial charge < -0.3 is 19.7 Å². The summed E-state index contributed by atoms with van der Waals surface area (Å²) in [6.07, 6.45) is 0. The minimum absolute atomic E-state index is 0.0511. The third-order valence-electron chi connectivity index (χ3n) is 5.24. The van der Waals surface area contributed by atoms with Gasteiger partial charge in [-0.2, -0.15) is 0 Å². The first-order valence-electron chi connectivity index (χ1n) is 8.81. The van der Waals surface area contributed by atoms with E-state index >= 15 is 0 Å². The molecule has 0 radical (unpaired) electrons. The summed E-state index contributed by atoms with van der Waals surface area (Å²) in [5.41, 5.74) is 1.36. The quantitative estimate of drug-likeness (QED) is 0.848. The minimum Gasteiger partial charge on any atom is -0.493 e. The fourth-order valence-corrected chi connectivity index (χ4v) is 4.14. The Morgan fingerprint density at radius 2 is 2.11 bits per heavy atom. The summed E-state index contributed by atoms with van der Waals surface area (Å²) in [6, 6.07) is 10.9. The third-order valence-corrected chi connectivity index (χ3v) is 5.49. The van der Waals surface area contributed by atoms with Crippen molar-refractivity contribution < 1.29 is 18.7 Å². The van der Waals surface area contributed by atoms with Crippen LogP contribution in [0.15, 0.2) is 42.5 Å². The fraction of sp³-hybridized carbons (Fsp3) is 0.350. The Bertz CT molecular complexity index is 846. The average Bonchev–Trinajstić information content (AvgIpc) is 3.03. The van der Waals surface area contributed by atoms with Crippen molar-refractivity contribution in [2.24, 2.45) is 11.8 Å². The molecule has 1 fully saturated rings. The molecule has 3 atom stereocenters. The summed E-state index contributed by atoms with van der Waals surface area (Å²) in [5.74, 6) is 0.453. The van der Waals surface area contributed by atoms with E-state index in [0.29, 0.717) is 41.8 Å². The second-order valence-corrected chi connectivity index (χ2v) is 7.34. The lowest BCUT2D eigenvalue weighted by atomic mass is 9.85. The molecule has 0 unspecified atom stereocenters. The number of nitrogens with zero attached hydrogens (tertiary/aromatic N) is 1. The molecule has 1 N–H and O–H groups in total. The van der Waals surface area contributed by atoms with E-state index < -0.39 is 0 Å². The van der Waals surface area contributed by atoms with Crippen LogP contribution in [-0.2, 0) is 4.74 Å². The third kappa shape index (κ3) is 3.47. The highest BCUT2D eigenvalue weighted by Crippen LogP contribution is 2.47. The van der Waals surface area contributed by atoms with Crippen molar-refractivity contribution in [1.29, 1.82) is 0 Å². The number of anilines is 1. The van der Waals surface area contributed by atoms with Gasteiger partial charge in [0.2, 0.25) is 0 Å². The summed E-state index contributed by atoms with van der Waals surface area (Å²) in [5, 5.41) is 3.51. The average molecular weight is 391 g/mol. The molecular weight excluding hydrogens is 371 g/mol. The number of ether oxygens (including phenoxy) is 2. The number of carbonyl (C=O) groups is 1. The minimum atomic E-state index is -0.341. The lowest BCUT2D eigenvalue weighted by Crippen LogP contribution is -2.38. The van der Waals surface area contributed by atoms with Crippen LogP contribution >= 0.6 is 11.6 Å². The SMILES string of the molecule is COC[C@@H]1CN(C(=O)Nc2ccc(Cl)cc2)[C@H]2c3cc(F)ccc3OC[C@@H]12. The van der Waals surface area contributed by atoms with Gasteiger partial charge in [-0.3, -0.25) is 0 Å². The second-order valence-electron chi connectivity index (χ2n) is 6.91. The number of methoxy groups -OCH3 is 1. The van der Waals surface area contributed by atoms with E-state index in [-0.39, 0.29) is 29.7 Å². The Hall–Kier alpha value is -2.31. The van der Waals surface area contributed by atoms with E-state index in [1.807, 2.05) is 0 Å². The van der Waals surface area contributed by atoms with E-state index in [0.717, 1.165) is 0 Å². The molecule has 142 valence electrons. The Kier molecular flexibility index (Phi) is 4.93. The maximum Gasteiger partial charge on any atom is 0.322 e. The summed E-state index contributed by atoms with van der Waals surface area (Å²) in [7, 11) is 1.64. The number of benzene rings is 2. The van der Waals surface area contributed by atoms with Crippen LogP contribution in [0.5, 0.6) is 5.75 Å². The molecule has 2 amide bonds. The predicted octanol–water partition coefficient (Wildman–Crippen LogP) is 4.34. The highest BCUT2D eigenvalue weighted by molar-refractivity contribution is 6.30. The number of likely N-dealkylation sites (tertiary alicyclic amines) is 1. The summed E-state index contributed by atoms with van der Waals surface area (Å²) >= 11 is 5.90. The number of hydrogen-bond acceptors (Lipinski definition) is 3. The molecule has 0 aromatic heterocycles. The zero-order valence-electron chi connectivity index (χ0n) is 14.8. The van der Waals surface area contributed by atoms with Crippen LogP contribution in [0, 0.1) is 17.7 Å². The van der Waals surface area contributed by atoms with Crippen LogP contribution < -0.4 is 10.1 Å². The Morgan fingerprint density at radius 3 is 2.85 bits per heavy atom. The topological polar surface area (TPSA) is 50.8 Å². The highest BCUT2D eigenvalue weighted by atomic mass is 35.5. The van der Waals surface area contributed by atoms with Crippen LogP contribution in [0.3, 0.4) is 0 Å². The maximum atomic E-state index is 13.9. The zero-order valence-corrected chi connectivity index (χ0v) is 15.6. The Morgan fingerprint density at radius 1 is 1.33 bits per heavy atom. The van der Waals surface area contributed by atoms with Gasteiger partial charge in [0.15, 0.2) is 0 Å². The predicted molar refractivity (Wildman–Crippen MR) is 101 cm³/mol. The number of fused-ring (bicyclic) bond motifs is 3. The summed E-state index contributed by atoms with van der Waals surface area (Å²) in [4.78, 5) is 14.8. The van der Waals surface area contributed by atoms with Gasteiger partial charge in [0.25, 0.3) is 0 Å². The van der Waals surface area contributed by atoms with E-state index in [4.69, 9.17) is 21.1 Å². The maximum absolute atomic E-state index is 13.9. The monoisotopic (exact) mass is 390 g/mol. The van der Waals surface area contributed by atoms with Gasteiger partial charge in [-0.15, -0.1) is 0 Å². The molecule has 2 heterocycles. The molecule has 7 heteroatoms. The van der Waals surface area contributed by atoms with Crippen molar-refractivity contribution in [3.05, 3.63) is 58.9 Å². The standard InChI is InChI=1S/C20H20ClFN2O3/c1-26-10-12-9-24(20(25)23-15-5-2-13(21)3-6-15)19-16-8-14(22)4-7-18(16)27-11-17(12)19/h2-8,12,17,19H,9-11H2,1H3,(H,23,25)/t12-,17-,19-/m0/s1. The van der Waals surface area contributed by atoms with Gasteiger partial charge in [-0.1, -0.05) is 11.6 Å². The number of amides is 2. The Balaban J connectivity index is 1.64. The van der Waals surface area contributed by atoms with E-state index in [1.54, 1.807) is 42.3 Å².